The van der Waals surface area contributed by atoms with Crippen molar-refractivity contribution in [1.82, 2.24) is 10.3 Å². The van der Waals surface area contributed by atoms with Gasteiger partial charge in [-0.3, -0.25) is 9.78 Å². The molecule has 0 radical (unpaired) electrons. The molecule has 0 spiro atoms. The first-order valence-electron chi connectivity index (χ1n) is 6.56. The van der Waals surface area contributed by atoms with Crippen LogP contribution in [0, 0.1) is 5.82 Å². The quantitative estimate of drug-likeness (QED) is 0.811. The molecule has 3 N–H and O–H groups in total. The molecule has 0 atom stereocenters. The molecule has 1 aromatic heterocycles. The number of nitrogens with zero attached hydrogens (tertiary/aromatic N) is 1. The number of hydrogen-bond acceptors (Lipinski definition) is 3. The largest absolute Gasteiger partial charge is 0.332 e. The second kappa shape index (κ2) is 7.16. The number of urea groups is 1. The average molecular weight is 302 g/mol. The number of carbonyl (C=O) groups excluding carboxylic acids is 2. The van der Waals surface area contributed by atoms with E-state index in [1.807, 2.05) is 6.07 Å². The van der Waals surface area contributed by atoms with Gasteiger partial charge in [0, 0.05) is 18.8 Å². The minimum Gasteiger partial charge on any atom is -0.332 e. The molecule has 0 aliphatic rings. The van der Waals surface area contributed by atoms with Crippen molar-refractivity contribution in [3.8, 4) is 0 Å². The zero-order valence-electron chi connectivity index (χ0n) is 11.9. The lowest BCUT2D eigenvalue weighted by Gasteiger charge is -2.10. The number of pyridine rings is 1. The molecule has 2 rings (SSSR count). The summed E-state index contributed by atoms with van der Waals surface area (Å²) in [6.45, 7) is 1.55. The Hall–Kier alpha value is -2.96. The van der Waals surface area contributed by atoms with Gasteiger partial charge in [0.2, 0.25) is 5.91 Å². The topological polar surface area (TPSA) is 83.1 Å². The minimum atomic E-state index is -0.574. The fourth-order valence-electron chi connectivity index (χ4n) is 1.74. The zero-order chi connectivity index (χ0) is 15.9. The van der Waals surface area contributed by atoms with Crippen LogP contribution in [0.5, 0.6) is 0 Å². The van der Waals surface area contributed by atoms with Crippen LogP contribution >= 0.6 is 0 Å². The number of rotatable bonds is 4. The lowest BCUT2D eigenvalue weighted by Crippen LogP contribution is -2.28. The number of amides is 3. The number of halogens is 1. The van der Waals surface area contributed by atoms with Gasteiger partial charge in [0.05, 0.1) is 17.9 Å². The zero-order valence-corrected chi connectivity index (χ0v) is 11.9. The molecule has 1 aromatic carbocycles. The maximum Gasteiger partial charge on any atom is 0.319 e. The Morgan fingerprint density at radius 1 is 1.18 bits per heavy atom. The summed E-state index contributed by atoms with van der Waals surface area (Å²) in [6.07, 6.45) is 1.63. The van der Waals surface area contributed by atoms with Crippen molar-refractivity contribution in [2.75, 3.05) is 10.6 Å². The first-order chi connectivity index (χ1) is 10.5. The third kappa shape index (κ3) is 4.55. The van der Waals surface area contributed by atoms with E-state index in [4.69, 9.17) is 0 Å². The van der Waals surface area contributed by atoms with Gasteiger partial charge in [-0.05, 0) is 30.3 Å². The summed E-state index contributed by atoms with van der Waals surface area (Å²) < 4.78 is 13.5. The Balaban J connectivity index is 1.95. The molecule has 0 saturated carbocycles. The van der Waals surface area contributed by atoms with E-state index in [0.717, 1.165) is 5.69 Å². The van der Waals surface area contributed by atoms with Crippen molar-refractivity contribution in [3.63, 3.8) is 0 Å². The summed E-state index contributed by atoms with van der Waals surface area (Å²) in [5, 5.41) is 7.53. The Bertz CT molecular complexity index is 676. The lowest BCUT2D eigenvalue weighted by atomic mass is 10.2. The molecule has 0 unspecified atom stereocenters. The van der Waals surface area contributed by atoms with Gasteiger partial charge in [-0.1, -0.05) is 6.07 Å². The van der Waals surface area contributed by atoms with E-state index in [0.29, 0.717) is 5.69 Å². The van der Waals surface area contributed by atoms with E-state index in [-0.39, 0.29) is 12.2 Å². The molecule has 7 heteroatoms. The van der Waals surface area contributed by atoms with Crippen LogP contribution < -0.4 is 16.0 Å². The third-order valence-corrected chi connectivity index (χ3v) is 2.69. The summed E-state index contributed by atoms with van der Waals surface area (Å²) in [5.74, 6) is -0.967. The smallest absolute Gasteiger partial charge is 0.319 e. The standard InChI is InChI=1S/C15H15FN4O2/c1-10(21)19-14-8-11(5-6-13(14)16)20-15(22)18-9-12-4-2-3-7-17-12/h2-8H,9H2,1H3,(H,19,21)(H2,18,20,22). The van der Waals surface area contributed by atoms with Crippen LogP contribution in [0.3, 0.4) is 0 Å². The van der Waals surface area contributed by atoms with Gasteiger partial charge in [-0.2, -0.15) is 0 Å². The minimum absolute atomic E-state index is 0.00928. The highest BCUT2D eigenvalue weighted by Crippen LogP contribution is 2.19. The van der Waals surface area contributed by atoms with E-state index >= 15 is 0 Å². The van der Waals surface area contributed by atoms with Gasteiger partial charge in [-0.25, -0.2) is 9.18 Å². The Labute approximate surface area is 126 Å². The highest BCUT2D eigenvalue weighted by atomic mass is 19.1. The molecule has 0 fully saturated rings. The summed E-state index contributed by atoms with van der Waals surface area (Å²) >= 11 is 0. The molecule has 2 aromatic rings. The molecule has 3 amide bonds. The van der Waals surface area contributed by atoms with Crippen molar-refractivity contribution in [3.05, 3.63) is 54.1 Å². The Morgan fingerprint density at radius 3 is 2.68 bits per heavy atom. The molecular formula is C15H15FN4O2. The first-order valence-corrected chi connectivity index (χ1v) is 6.56. The number of anilines is 2. The molecule has 0 aliphatic heterocycles. The van der Waals surface area contributed by atoms with Gasteiger partial charge in [0.1, 0.15) is 5.82 Å². The Kier molecular flexibility index (Phi) is 5.02. The molecule has 114 valence electrons. The van der Waals surface area contributed by atoms with Crippen LogP contribution in [0.25, 0.3) is 0 Å². The van der Waals surface area contributed by atoms with Gasteiger partial charge in [0.25, 0.3) is 0 Å². The normalized spacial score (nSPS) is 9.91. The van der Waals surface area contributed by atoms with Crippen LogP contribution in [-0.2, 0) is 11.3 Å². The van der Waals surface area contributed by atoms with Gasteiger partial charge >= 0.3 is 6.03 Å². The van der Waals surface area contributed by atoms with E-state index < -0.39 is 17.8 Å². The molecule has 0 saturated heterocycles. The second-order valence-electron chi connectivity index (χ2n) is 4.50. The predicted octanol–water partition coefficient (Wildman–Crippen LogP) is 2.50. The van der Waals surface area contributed by atoms with Crippen molar-refractivity contribution in [2.24, 2.45) is 0 Å². The van der Waals surface area contributed by atoms with Gasteiger partial charge < -0.3 is 16.0 Å². The highest BCUT2D eigenvalue weighted by molar-refractivity contribution is 5.92. The highest BCUT2D eigenvalue weighted by Gasteiger charge is 2.07. The summed E-state index contributed by atoms with van der Waals surface area (Å²) in [6, 6.07) is 8.85. The molecule has 6 nitrogen and oxygen atoms in total. The SMILES string of the molecule is CC(=O)Nc1cc(NC(=O)NCc2ccccn2)ccc1F. The fraction of sp³-hybridized carbons (Fsp3) is 0.133. The number of nitrogens with one attached hydrogen (secondary N) is 3. The Morgan fingerprint density at radius 2 is 2.00 bits per heavy atom. The maximum atomic E-state index is 13.5. The van der Waals surface area contributed by atoms with Crippen molar-refractivity contribution in [1.29, 1.82) is 0 Å². The van der Waals surface area contributed by atoms with Gasteiger partial charge in [0.15, 0.2) is 0 Å². The van der Waals surface area contributed by atoms with Crippen molar-refractivity contribution >= 4 is 23.3 Å². The second-order valence-corrected chi connectivity index (χ2v) is 4.50. The summed E-state index contributed by atoms with van der Waals surface area (Å²) in [7, 11) is 0. The van der Waals surface area contributed by atoms with E-state index in [2.05, 4.69) is 20.9 Å². The van der Waals surface area contributed by atoms with Crippen LogP contribution in [0.1, 0.15) is 12.6 Å². The summed E-state index contributed by atoms with van der Waals surface area (Å²) in [4.78, 5) is 26.8. The number of aromatic nitrogens is 1. The van der Waals surface area contributed by atoms with E-state index in [1.54, 1.807) is 18.3 Å². The molecule has 0 bridgehead atoms. The van der Waals surface area contributed by atoms with Crippen LogP contribution in [0.15, 0.2) is 42.6 Å². The monoisotopic (exact) mass is 302 g/mol. The lowest BCUT2D eigenvalue weighted by molar-refractivity contribution is -0.114. The maximum absolute atomic E-state index is 13.5. The van der Waals surface area contributed by atoms with E-state index in [1.165, 1.54) is 25.1 Å². The first kappa shape index (κ1) is 15.4. The van der Waals surface area contributed by atoms with Crippen molar-refractivity contribution in [2.45, 2.75) is 13.5 Å². The molecule has 22 heavy (non-hydrogen) atoms. The molecular weight excluding hydrogens is 287 g/mol. The third-order valence-electron chi connectivity index (χ3n) is 2.69. The molecule has 0 aliphatic carbocycles. The predicted molar refractivity (Wildman–Crippen MR) is 80.8 cm³/mol. The van der Waals surface area contributed by atoms with E-state index in [9.17, 15) is 14.0 Å². The van der Waals surface area contributed by atoms with Gasteiger partial charge in [-0.15, -0.1) is 0 Å². The number of benzene rings is 1. The molecule has 1 heterocycles. The van der Waals surface area contributed by atoms with Crippen LogP contribution in [0.4, 0.5) is 20.6 Å². The van der Waals surface area contributed by atoms with Crippen LogP contribution in [-0.4, -0.2) is 16.9 Å². The van der Waals surface area contributed by atoms with Crippen molar-refractivity contribution < 1.29 is 14.0 Å². The average Bonchev–Trinajstić information content (AvgIpc) is 2.49. The number of carbonyl (C=O) groups is 2. The van der Waals surface area contributed by atoms with Crippen LogP contribution in [0.2, 0.25) is 0 Å². The summed E-state index contributed by atoms with van der Waals surface area (Å²) in [5.41, 5.74) is 1.09. The fourth-order valence-corrected chi connectivity index (χ4v) is 1.74. The number of hydrogen-bond donors (Lipinski definition) is 3.